The third-order valence-corrected chi connectivity index (χ3v) is 6.55. The molecule has 0 unspecified atom stereocenters. The van der Waals surface area contributed by atoms with E-state index in [0.717, 1.165) is 10.6 Å². The number of hydrogen-bond donors (Lipinski definition) is 1. The van der Waals surface area contributed by atoms with E-state index in [1.54, 1.807) is 49.4 Å². The Labute approximate surface area is 193 Å². The molecule has 10 heteroatoms. The number of benzene rings is 2. The van der Waals surface area contributed by atoms with Gasteiger partial charge in [0.25, 0.3) is 0 Å². The van der Waals surface area contributed by atoms with E-state index in [-0.39, 0.29) is 23.2 Å². The molecule has 31 heavy (non-hydrogen) atoms. The van der Waals surface area contributed by atoms with Gasteiger partial charge in [0.15, 0.2) is 0 Å². The molecule has 168 valence electrons. The summed E-state index contributed by atoms with van der Waals surface area (Å²) in [5, 5.41) is 3.19. The summed E-state index contributed by atoms with van der Waals surface area (Å²) < 4.78 is 25.9. The van der Waals surface area contributed by atoms with Gasteiger partial charge in [0, 0.05) is 18.6 Å². The Bertz CT molecular complexity index is 1050. The van der Waals surface area contributed by atoms with Gasteiger partial charge in [0.1, 0.15) is 12.6 Å². The predicted octanol–water partition coefficient (Wildman–Crippen LogP) is 3.31. The monoisotopic (exact) mass is 485 g/mol. The minimum atomic E-state index is -3.83. The molecule has 0 saturated carbocycles. The molecule has 0 bridgehead atoms. The molecule has 1 atom stereocenters. The van der Waals surface area contributed by atoms with Gasteiger partial charge in [0.2, 0.25) is 21.8 Å². The lowest BCUT2D eigenvalue weighted by atomic mass is 10.1. The van der Waals surface area contributed by atoms with E-state index < -0.39 is 28.5 Å². The maximum Gasteiger partial charge on any atom is 0.244 e. The molecule has 7 nitrogen and oxygen atoms in total. The van der Waals surface area contributed by atoms with E-state index in [1.165, 1.54) is 18.0 Å². The van der Waals surface area contributed by atoms with Crippen LogP contribution in [0.25, 0.3) is 0 Å². The van der Waals surface area contributed by atoms with E-state index in [9.17, 15) is 18.0 Å². The summed E-state index contributed by atoms with van der Waals surface area (Å²) in [7, 11) is -2.35. The minimum absolute atomic E-state index is 0.0462. The molecule has 0 aliphatic heterocycles. The van der Waals surface area contributed by atoms with Crippen LogP contribution in [0.5, 0.6) is 0 Å². The third kappa shape index (κ3) is 6.35. The van der Waals surface area contributed by atoms with Crippen molar-refractivity contribution in [2.24, 2.45) is 0 Å². The van der Waals surface area contributed by atoms with Crippen molar-refractivity contribution in [3.63, 3.8) is 0 Å². The molecule has 0 aliphatic carbocycles. The molecule has 2 aromatic carbocycles. The number of anilines is 1. The summed E-state index contributed by atoms with van der Waals surface area (Å²) in [4.78, 5) is 27.2. The third-order valence-electron chi connectivity index (χ3n) is 4.73. The highest BCUT2D eigenvalue weighted by molar-refractivity contribution is 7.92. The number of halogens is 2. The smallest absolute Gasteiger partial charge is 0.244 e. The van der Waals surface area contributed by atoms with Crippen LogP contribution in [0.15, 0.2) is 48.5 Å². The highest BCUT2D eigenvalue weighted by Gasteiger charge is 2.32. The Morgan fingerprint density at radius 1 is 1.03 bits per heavy atom. The van der Waals surface area contributed by atoms with Crippen LogP contribution in [0.1, 0.15) is 18.9 Å². The topological polar surface area (TPSA) is 86.8 Å². The average Bonchev–Trinajstić information content (AvgIpc) is 2.72. The first-order chi connectivity index (χ1) is 14.6. The fourth-order valence-corrected chi connectivity index (χ4v) is 4.49. The number of nitrogens with one attached hydrogen (secondary N) is 1. The second kappa shape index (κ2) is 10.8. The molecule has 0 spiro atoms. The van der Waals surface area contributed by atoms with Crippen LogP contribution in [-0.4, -0.2) is 51.0 Å². The van der Waals surface area contributed by atoms with Crippen LogP contribution < -0.4 is 9.62 Å². The first kappa shape index (κ1) is 25.0. The van der Waals surface area contributed by atoms with Gasteiger partial charge in [-0.15, -0.1) is 0 Å². The van der Waals surface area contributed by atoms with Crippen molar-refractivity contribution >= 4 is 50.7 Å². The molecule has 0 saturated heterocycles. The van der Waals surface area contributed by atoms with Gasteiger partial charge in [-0.05, 0) is 30.2 Å². The quantitative estimate of drug-likeness (QED) is 0.589. The van der Waals surface area contributed by atoms with E-state index in [4.69, 9.17) is 23.2 Å². The number of sulfonamides is 1. The Morgan fingerprint density at radius 2 is 1.61 bits per heavy atom. The zero-order valence-corrected chi connectivity index (χ0v) is 19.8. The molecule has 0 radical (unpaired) electrons. The number of carbonyl (C=O) groups is 2. The lowest BCUT2D eigenvalue weighted by molar-refractivity contribution is -0.140. The largest absolute Gasteiger partial charge is 0.357 e. The van der Waals surface area contributed by atoms with Gasteiger partial charge in [0.05, 0.1) is 17.0 Å². The molecule has 0 aromatic heterocycles. The van der Waals surface area contributed by atoms with Crippen molar-refractivity contribution in [2.75, 3.05) is 24.2 Å². The standard InChI is InChI=1S/C21H25Cl2N3O4S/c1-4-18(21(28)24-2)25(13-15-9-5-6-10-16(15)22)20(27)14-26(31(3,29)30)19-12-8-7-11-17(19)23/h5-12,18H,4,13-14H2,1-3H3,(H,24,28)/t18-/m0/s1. The van der Waals surface area contributed by atoms with Gasteiger partial charge in [-0.1, -0.05) is 60.5 Å². The molecule has 2 aromatic rings. The van der Waals surface area contributed by atoms with Crippen LogP contribution >= 0.6 is 23.2 Å². The van der Waals surface area contributed by atoms with E-state index >= 15 is 0 Å². The second-order valence-electron chi connectivity index (χ2n) is 6.87. The summed E-state index contributed by atoms with van der Waals surface area (Å²) in [6.45, 7) is 1.31. The summed E-state index contributed by atoms with van der Waals surface area (Å²) in [6, 6.07) is 12.5. The Morgan fingerprint density at radius 3 is 2.13 bits per heavy atom. The predicted molar refractivity (Wildman–Crippen MR) is 124 cm³/mol. The lowest BCUT2D eigenvalue weighted by Crippen LogP contribution is -2.51. The lowest BCUT2D eigenvalue weighted by Gasteiger charge is -2.33. The minimum Gasteiger partial charge on any atom is -0.357 e. The summed E-state index contributed by atoms with van der Waals surface area (Å²) >= 11 is 12.5. The van der Waals surface area contributed by atoms with Crippen LogP contribution in [-0.2, 0) is 26.2 Å². The number of nitrogens with zero attached hydrogens (tertiary/aromatic N) is 2. The fourth-order valence-electron chi connectivity index (χ4n) is 3.15. The number of hydrogen-bond acceptors (Lipinski definition) is 4. The summed E-state index contributed by atoms with van der Waals surface area (Å²) in [6.07, 6.45) is 1.33. The highest BCUT2D eigenvalue weighted by Crippen LogP contribution is 2.28. The van der Waals surface area contributed by atoms with Crippen molar-refractivity contribution in [3.05, 3.63) is 64.1 Å². The van der Waals surface area contributed by atoms with Crippen molar-refractivity contribution in [3.8, 4) is 0 Å². The highest BCUT2D eigenvalue weighted by atomic mass is 35.5. The number of likely N-dealkylation sites (N-methyl/N-ethyl adjacent to an activating group) is 1. The molecular weight excluding hydrogens is 461 g/mol. The van der Waals surface area contributed by atoms with E-state index in [2.05, 4.69) is 5.32 Å². The maximum absolute atomic E-state index is 13.4. The first-order valence-electron chi connectivity index (χ1n) is 9.56. The molecule has 1 N–H and O–H groups in total. The van der Waals surface area contributed by atoms with Crippen LogP contribution in [0.3, 0.4) is 0 Å². The fraction of sp³-hybridized carbons (Fsp3) is 0.333. The van der Waals surface area contributed by atoms with Crippen molar-refractivity contribution in [2.45, 2.75) is 25.9 Å². The summed E-state index contributed by atoms with van der Waals surface area (Å²) in [5.74, 6) is -0.910. The van der Waals surface area contributed by atoms with Crippen molar-refractivity contribution in [1.82, 2.24) is 10.2 Å². The van der Waals surface area contributed by atoms with Gasteiger partial charge in [-0.2, -0.15) is 0 Å². The number of amides is 2. The Kier molecular flexibility index (Phi) is 8.73. The molecular formula is C21H25Cl2N3O4S. The number of rotatable bonds is 9. The van der Waals surface area contributed by atoms with Gasteiger partial charge in [-0.25, -0.2) is 8.42 Å². The molecule has 0 fully saturated rings. The van der Waals surface area contributed by atoms with Crippen molar-refractivity contribution in [1.29, 1.82) is 0 Å². The van der Waals surface area contributed by atoms with Crippen LogP contribution in [0.4, 0.5) is 5.69 Å². The van der Waals surface area contributed by atoms with Gasteiger partial charge < -0.3 is 10.2 Å². The average molecular weight is 486 g/mol. The first-order valence-corrected chi connectivity index (χ1v) is 12.2. The molecule has 0 heterocycles. The SMILES string of the molecule is CC[C@@H](C(=O)NC)N(Cc1ccccc1Cl)C(=O)CN(c1ccccc1Cl)S(C)(=O)=O. The number of carbonyl (C=O) groups excluding carboxylic acids is 2. The normalized spacial score (nSPS) is 12.2. The Hall–Kier alpha value is -2.29. The van der Waals surface area contributed by atoms with Crippen molar-refractivity contribution < 1.29 is 18.0 Å². The van der Waals surface area contributed by atoms with Crippen LogP contribution in [0, 0.1) is 0 Å². The van der Waals surface area contributed by atoms with Crippen LogP contribution in [0.2, 0.25) is 10.0 Å². The maximum atomic E-state index is 13.4. The second-order valence-corrected chi connectivity index (χ2v) is 9.59. The van der Waals surface area contributed by atoms with E-state index in [1.807, 2.05) is 0 Å². The summed E-state index contributed by atoms with van der Waals surface area (Å²) in [5.41, 5.74) is 0.828. The van der Waals surface area contributed by atoms with Gasteiger partial charge >= 0.3 is 0 Å². The number of para-hydroxylation sites is 1. The van der Waals surface area contributed by atoms with E-state index in [0.29, 0.717) is 17.0 Å². The zero-order chi connectivity index (χ0) is 23.2. The molecule has 0 aliphatic rings. The van der Waals surface area contributed by atoms with Gasteiger partial charge in [-0.3, -0.25) is 13.9 Å². The molecule has 2 rings (SSSR count). The molecule has 2 amide bonds. The Balaban J connectivity index is 2.46. The zero-order valence-electron chi connectivity index (χ0n) is 17.5.